The van der Waals surface area contributed by atoms with Crippen LogP contribution in [0.3, 0.4) is 0 Å². The summed E-state index contributed by atoms with van der Waals surface area (Å²) in [5, 5.41) is 7.62. The molecule has 0 saturated carbocycles. The molecule has 0 saturated heterocycles. The van der Waals surface area contributed by atoms with Crippen LogP contribution in [0.2, 0.25) is 0 Å². The Hall–Kier alpha value is -0.920. The maximum atomic E-state index is 12.5. The Labute approximate surface area is 128 Å². The first-order valence-corrected chi connectivity index (χ1v) is 8.85. The molecule has 122 valence electrons. The Balaban J connectivity index is 2.97. The summed E-state index contributed by atoms with van der Waals surface area (Å²) in [6, 6.07) is 0. The van der Waals surface area contributed by atoms with Crippen LogP contribution in [0.4, 0.5) is 0 Å². The van der Waals surface area contributed by atoms with Crippen molar-refractivity contribution in [3.05, 3.63) is 11.4 Å². The fourth-order valence-corrected chi connectivity index (χ4v) is 4.10. The highest BCUT2D eigenvalue weighted by atomic mass is 32.2. The van der Waals surface area contributed by atoms with E-state index in [9.17, 15) is 8.42 Å². The van der Waals surface area contributed by atoms with E-state index in [2.05, 4.69) is 22.1 Å². The summed E-state index contributed by atoms with van der Waals surface area (Å²) < 4.78 is 29.5. The van der Waals surface area contributed by atoms with Crippen LogP contribution in [0.5, 0.6) is 0 Å². The lowest BCUT2D eigenvalue weighted by molar-refractivity contribution is 0.490. The third kappa shape index (κ3) is 5.09. The largest absolute Gasteiger partial charge is 0.317 e. The number of nitrogens with one attached hydrogen (secondary N) is 2. The number of aromatic nitrogens is 2. The van der Waals surface area contributed by atoms with E-state index in [0.717, 1.165) is 19.5 Å². The fraction of sp³-hybridized carbons (Fsp3) is 0.786. The lowest BCUT2D eigenvalue weighted by Gasteiger charge is -2.20. The molecule has 21 heavy (non-hydrogen) atoms. The number of aryl methyl sites for hydroxylation is 2. The van der Waals surface area contributed by atoms with E-state index in [0.29, 0.717) is 22.8 Å². The van der Waals surface area contributed by atoms with Gasteiger partial charge in [-0.25, -0.2) is 13.1 Å². The van der Waals surface area contributed by atoms with E-state index in [4.69, 9.17) is 0 Å². The Bertz CT molecular complexity index is 571. The zero-order valence-electron chi connectivity index (χ0n) is 13.9. The summed E-state index contributed by atoms with van der Waals surface area (Å²) in [4.78, 5) is 0.306. The standard InChI is InChI=1S/C14H28N4O2S/c1-7-15-9-8-10-18-12(3)13(11(2)16-18)21(19,20)17-14(4,5)6/h15,17H,7-10H2,1-6H3. The molecule has 0 radical (unpaired) electrons. The maximum Gasteiger partial charge on any atom is 0.244 e. The van der Waals surface area contributed by atoms with Crippen molar-refractivity contribution in [2.24, 2.45) is 0 Å². The average Bonchev–Trinajstić information content (AvgIpc) is 2.57. The Morgan fingerprint density at radius 1 is 1.24 bits per heavy atom. The lowest BCUT2D eigenvalue weighted by Crippen LogP contribution is -2.40. The minimum atomic E-state index is -3.54. The van der Waals surface area contributed by atoms with Crippen molar-refractivity contribution in [1.29, 1.82) is 0 Å². The van der Waals surface area contributed by atoms with Gasteiger partial charge < -0.3 is 5.32 Å². The lowest BCUT2D eigenvalue weighted by atomic mass is 10.1. The van der Waals surface area contributed by atoms with Crippen LogP contribution in [-0.4, -0.2) is 36.8 Å². The summed E-state index contributed by atoms with van der Waals surface area (Å²) in [5.41, 5.74) is 0.735. The van der Waals surface area contributed by atoms with Crippen molar-refractivity contribution in [2.75, 3.05) is 13.1 Å². The number of nitrogens with zero attached hydrogens (tertiary/aromatic N) is 2. The molecule has 0 amide bonds. The van der Waals surface area contributed by atoms with Crippen molar-refractivity contribution in [3.63, 3.8) is 0 Å². The zero-order chi connectivity index (χ0) is 16.3. The van der Waals surface area contributed by atoms with Gasteiger partial charge in [-0.3, -0.25) is 4.68 Å². The third-order valence-corrected chi connectivity index (χ3v) is 5.01. The molecule has 0 aromatic carbocycles. The number of sulfonamides is 1. The molecule has 1 rings (SSSR count). The van der Waals surface area contributed by atoms with Crippen LogP contribution in [0.25, 0.3) is 0 Å². The first-order valence-electron chi connectivity index (χ1n) is 7.37. The van der Waals surface area contributed by atoms with Crippen molar-refractivity contribution in [1.82, 2.24) is 19.8 Å². The van der Waals surface area contributed by atoms with Gasteiger partial charge in [0.2, 0.25) is 10.0 Å². The van der Waals surface area contributed by atoms with E-state index in [-0.39, 0.29) is 0 Å². The van der Waals surface area contributed by atoms with Crippen molar-refractivity contribution >= 4 is 10.0 Å². The second-order valence-corrected chi connectivity index (χ2v) is 7.90. The monoisotopic (exact) mass is 316 g/mol. The molecule has 0 aliphatic carbocycles. The van der Waals surface area contributed by atoms with E-state index < -0.39 is 15.6 Å². The van der Waals surface area contributed by atoms with E-state index in [1.165, 1.54) is 0 Å². The molecule has 1 aromatic heterocycles. The second-order valence-electron chi connectivity index (χ2n) is 6.29. The molecule has 0 fully saturated rings. The van der Waals surface area contributed by atoms with Gasteiger partial charge in [0, 0.05) is 12.1 Å². The molecule has 1 heterocycles. The molecule has 7 heteroatoms. The summed E-state index contributed by atoms with van der Waals surface area (Å²) >= 11 is 0. The van der Waals surface area contributed by atoms with Gasteiger partial charge in [-0.15, -0.1) is 0 Å². The molecule has 6 nitrogen and oxygen atoms in total. The van der Waals surface area contributed by atoms with E-state index >= 15 is 0 Å². The first-order chi connectivity index (χ1) is 9.58. The van der Waals surface area contributed by atoms with Crippen LogP contribution in [0, 0.1) is 13.8 Å². The number of hydrogen-bond acceptors (Lipinski definition) is 4. The quantitative estimate of drug-likeness (QED) is 0.749. The molecule has 0 atom stereocenters. The predicted octanol–water partition coefficient (Wildman–Crippen LogP) is 1.58. The van der Waals surface area contributed by atoms with Crippen LogP contribution >= 0.6 is 0 Å². The van der Waals surface area contributed by atoms with E-state index in [1.54, 1.807) is 11.6 Å². The van der Waals surface area contributed by atoms with Crippen LogP contribution in [0.15, 0.2) is 4.90 Å². The molecule has 0 aliphatic heterocycles. The molecule has 1 aromatic rings. The highest BCUT2D eigenvalue weighted by molar-refractivity contribution is 7.89. The summed E-state index contributed by atoms with van der Waals surface area (Å²) in [6.45, 7) is 13.7. The fourth-order valence-electron chi connectivity index (χ4n) is 2.27. The van der Waals surface area contributed by atoms with Gasteiger partial charge >= 0.3 is 0 Å². The zero-order valence-corrected chi connectivity index (χ0v) is 14.8. The Morgan fingerprint density at radius 2 is 1.86 bits per heavy atom. The third-order valence-electron chi connectivity index (χ3n) is 3.00. The SMILES string of the molecule is CCNCCCn1nc(C)c(S(=O)(=O)NC(C)(C)C)c1C. The van der Waals surface area contributed by atoms with Crippen LogP contribution in [0.1, 0.15) is 45.5 Å². The molecule has 0 bridgehead atoms. The van der Waals surface area contributed by atoms with Gasteiger partial charge in [0.15, 0.2) is 0 Å². The molecule has 2 N–H and O–H groups in total. The maximum absolute atomic E-state index is 12.5. The average molecular weight is 316 g/mol. The summed E-state index contributed by atoms with van der Waals surface area (Å²) in [7, 11) is -3.54. The van der Waals surface area contributed by atoms with Gasteiger partial charge in [-0.05, 0) is 54.1 Å². The Kier molecular flexibility index (Phi) is 5.95. The number of rotatable bonds is 7. The van der Waals surface area contributed by atoms with Crippen LogP contribution < -0.4 is 10.0 Å². The summed E-state index contributed by atoms with van der Waals surface area (Å²) in [6.07, 6.45) is 0.919. The Morgan fingerprint density at radius 3 is 2.38 bits per heavy atom. The van der Waals surface area contributed by atoms with Gasteiger partial charge in [0.05, 0.1) is 11.4 Å². The highest BCUT2D eigenvalue weighted by Crippen LogP contribution is 2.21. The first kappa shape index (κ1) is 18.1. The van der Waals surface area contributed by atoms with Gasteiger partial charge in [-0.2, -0.15) is 5.10 Å². The van der Waals surface area contributed by atoms with Crippen molar-refractivity contribution in [2.45, 2.75) is 64.9 Å². The summed E-state index contributed by atoms with van der Waals surface area (Å²) in [5.74, 6) is 0. The second kappa shape index (κ2) is 6.89. The molecule has 0 spiro atoms. The van der Waals surface area contributed by atoms with Crippen LogP contribution in [-0.2, 0) is 16.6 Å². The smallest absolute Gasteiger partial charge is 0.244 e. The van der Waals surface area contributed by atoms with Crippen molar-refractivity contribution in [3.8, 4) is 0 Å². The van der Waals surface area contributed by atoms with Gasteiger partial charge in [0.1, 0.15) is 4.90 Å². The molecule has 0 aliphatic rings. The minimum Gasteiger partial charge on any atom is -0.317 e. The molecule has 0 unspecified atom stereocenters. The van der Waals surface area contributed by atoms with Crippen molar-refractivity contribution < 1.29 is 8.42 Å². The normalized spacial score (nSPS) is 12.9. The molecular weight excluding hydrogens is 288 g/mol. The minimum absolute atomic E-state index is 0.306. The molecular formula is C14H28N4O2S. The van der Waals surface area contributed by atoms with E-state index in [1.807, 2.05) is 27.7 Å². The highest BCUT2D eigenvalue weighted by Gasteiger charge is 2.28. The predicted molar refractivity (Wildman–Crippen MR) is 84.9 cm³/mol. The number of hydrogen-bond donors (Lipinski definition) is 2. The topological polar surface area (TPSA) is 76.0 Å². The van der Waals surface area contributed by atoms with Gasteiger partial charge in [-0.1, -0.05) is 6.92 Å². The van der Waals surface area contributed by atoms with Gasteiger partial charge in [0.25, 0.3) is 0 Å².